The first-order chi connectivity index (χ1) is 23.1. The van der Waals surface area contributed by atoms with Gasteiger partial charge in [0, 0.05) is 43.4 Å². The lowest BCUT2D eigenvalue weighted by Gasteiger charge is -2.34. The van der Waals surface area contributed by atoms with Gasteiger partial charge in [0.25, 0.3) is 15.7 Å². The molecular weight excluding hydrogens is 649 g/mol. The molecule has 4 rings (SSSR count). The fourth-order valence-corrected chi connectivity index (χ4v) is 7.57. The van der Waals surface area contributed by atoms with Crippen LogP contribution in [0.15, 0.2) is 109 Å². The molecule has 0 bridgehead atoms. The third kappa shape index (κ3) is 10.6. The molecule has 1 aliphatic rings. The lowest BCUT2D eigenvalue weighted by Crippen LogP contribution is -2.49. The number of carbonyl (C=O) groups excluding carboxylic acids is 1. The standard InChI is InChI=1S/C36H46N4O6S2/c1-28(2)12-10-13-29(3)14-11-15-30(4)20-27-47-33-19-9-8-18-32(33)35(41)39-23-21-38(22-24-39)25-26-45-34-36(40(42)46-37-34)48(43,44)31-16-6-5-7-17-31/h5-9,12,14,16-20H,10-11,13,15,21-27H2,1-4H3/b29-14+,30-20+. The molecule has 3 aromatic rings. The predicted molar refractivity (Wildman–Crippen MR) is 188 cm³/mol. The number of benzene rings is 2. The number of carbonyl (C=O) groups is 1. The van der Waals surface area contributed by atoms with Crippen LogP contribution in [0.1, 0.15) is 63.7 Å². The van der Waals surface area contributed by atoms with Gasteiger partial charge in [-0.3, -0.25) is 14.3 Å². The van der Waals surface area contributed by atoms with Crippen molar-refractivity contribution in [3.05, 3.63) is 100 Å². The van der Waals surface area contributed by atoms with Gasteiger partial charge in [-0.05, 0) is 82.5 Å². The monoisotopic (exact) mass is 694 g/mol. The molecule has 48 heavy (non-hydrogen) atoms. The van der Waals surface area contributed by atoms with Crippen LogP contribution in [0, 0.1) is 5.21 Å². The molecule has 258 valence electrons. The highest BCUT2D eigenvalue weighted by Crippen LogP contribution is 2.26. The van der Waals surface area contributed by atoms with Crippen molar-refractivity contribution in [1.29, 1.82) is 0 Å². The second-order valence-corrected chi connectivity index (χ2v) is 15.0. The number of aromatic nitrogens is 2. The van der Waals surface area contributed by atoms with E-state index in [-0.39, 0.29) is 28.2 Å². The van der Waals surface area contributed by atoms with Gasteiger partial charge in [0.2, 0.25) is 0 Å². The maximum Gasteiger partial charge on any atom is 0.415 e. The van der Waals surface area contributed by atoms with Crippen LogP contribution in [-0.2, 0) is 9.84 Å². The SMILES string of the molecule is CC(C)=CCC/C(C)=C/CC/C(C)=C/CSc1ccccc1C(=O)N1CCN(CCOc2no[n+]([O-])c2S(=O)(=O)c2ccccc2)CC1. The van der Waals surface area contributed by atoms with Gasteiger partial charge in [0.1, 0.15) is 6.61 Å². The Kier molecular flexibility index (Phi) is 13.9. The highest BCUT2D eigenvalue weighted by atomic mass is 32.2. The van der Waals surface area contributed by atoms with Crippen molar-refractivity contribution in [3.8, 4) is 5.88 Å². The molecule has 1 amide bonds. The number of nitrogens with zero attached hydrogens (tertiary/aromatic N) is 4. The zero-order valence-corrected chi connectivity index (χ0v) is 29.9. The Hall–Kier alpha value is -3.87. The number of ether oxygens (including phenoxy) is 1. The molecule has 0 atom stereocenters. The van der Waals surface area contributed by atoms with Gasteiger partial charge in [0.05, 0.1) is 15.6 Å². The molecule has 0 radical (unpaired) electrons. The van der Waals surface area contributed by atoms with Crippen molar-refractivity contribution in [2.24, 2.45) is 0 Å². The predicted octanol–water partition coefficient (Wildman–Crippen LogP) is 6.49. The number of piperazine rings is 1. The Labute approximate surface area is 288 Å². The Balaban J connectivity index is 1.23. The lowest BCUT2D eigenvalue weighted by atomic mass is 10.1. The summed E-state index contributed by atoms with van der Waals surface area (Å²) in [4.78, 5) is 18.3. The van der Waals surface area contributed by atoms with E-state index in [9.17, 15) is 18.4 Å². The highest BCUT2D eigenvalue weighted by molar-refractivity contribution is 7.99. The minimum atomic E-state index is -4.18. The van der Waals surface area contributed by atoms with Crippen LogP contribution >= 0.6 is 11.8 Å². The number of allylic oxidation sites excluding steroid dienone is 5. The minimum Gasteiger partial charge on any atom is -0.453 e. The Morgan fingerprint density at radius 2 is 1.58 bits per heavy atom. The van der Waals surface area contributed by atoms with Crippen LogP contribution in [-0.4, -0.2) is 74.4 Å². The average Bonchev–Trinajstić information content (AvgIpc) is 3.46. The highest BCUT2D eigenvalue weighted by Gasteiger charge is 2.36. The van der Waals surface area contributed by atoms with E-state index < -0.39 is 14.9 Å². The van der Waals surface area contributed by atoms with E-state index in [1.807, 2.05) is 29.2 Å². The van der Waals surface area contributed by atoms with Gasteiger partial charge in [-0.15, -0.1) is 11.8 Å². The molecule has 1 saturated heterocycles. The molecule has 10 nitrogen and oxygen atoms in total. The summed E-state index contributed by atoms with van der Waals surface area (Å²) in [5.41, 5.74) is 4.87. The number of hydrogen-bond donors (Lipinski definition) is 0. The number of sulfone groups is 1. The van der Waals surface area contributed by atoms with Crippen LogP contribution in [0.4, 0.5) is 0 Å². The summed E-state index contributed by atoms with van der Waals surface area (Å²) in [5.74, 6) is 0.445. The van der Waals surface area contributed by atoms with Crippen molar-refractivity contribution in [1.82, 2.24) is 15.0 Å². The van der Waals surface area contributed by atoms with Gasteiger partial charge < -0.3 is 14.8 Å². The van der Waals surface area contributed by atoms with Crippen LogP contribution in [0.25, 0.3) is 0 Å². The first-order valence-corrected chi connectivity index (χ1v) is 18.7. The van der Waals surface area contributed by atoms with Crippen molar-refractivity contribution in [2.45, 2.75) is 68.2 Å². The summed E-state index contributed by atoms with van der Waals surface area (Å²) in [6, 6.07) is 15.4. The van der Waals surface area contributed by atoms with Crippen molar-refractivity contribution in [2.75, 3.05) is 45.1 Å². The molecule has 1 fully saturated rings. The van der Waals surface area contributed by atoms with E-state index >= 15 is 0 Å². The lowest BCUT2D eigenvalue weighted by molar-refractivity contribution is -0.832. The fraction of sp³-hybridized carbons (Fsp3) is 0.417. The summed E-state index contributed by atoms with van der Waals surface area (Å²) in [6.07, 6.45) is 11.2. The first kappa shape index (κ1) is 37.0. The van der Waals surface area contributed by atoms with Crippen LogP contribution in [0.2, 0.25) is 0 Å². The van der Waals surface area contributed by atoms with Gasteiger partial charge in [-0.1, -0.05) is 65.3 Å². The summed E-state index contributed by atoms with van der Waals surface area (Å²) in [7, 11) is -4.18. The van der Waals surface area contributed by atoms with Crippen LogP contribution < -0.4 is 9.64 Å². The van der Waals surface area contributed by atoms with Gasteiger partial charge in [-0.25, -0.2) is 8.42 Å². The minimum absolute atomic E-state index is 0.0155. The third-order valence-corrected chi connectivity index (χ3v) is 10.8. The molecular formula is C36H46N4O6S2. The first-order valence-electron chi connectivity index (χ1n) is 16.3. The van der Waals surface area contributed by atoms with E-state index in [1.54, 1.807) is 30.0 Å². The molecule has 0 spiro atoms. The number of hydrogen-bond acceptors (Lipinski definition) is 9. The normalized spacial score (nSPS) is 14.6. The molecule has 1 aromatic heterocycles. The molecule has 2 heterocycles. The second-order valence-electron chi connectivity index (χ2n) is 12.1. The van der Waals surface area contributed by atoms with E-state index in [0.717, 1.165) is 36.3 Å². The van der Waals surface area contributed by atoms with Crippen LogP contribution in [0.5, 0.6) is 5.88 Å². The molecule has 0 aliphatic carbocycles. The zero-order valence-electron chi connectivity index (χ0n) is 28.3. The zero-order chi connectivity index (χ0) is 34.5. The van der Waals surface area contributed by atoms with Gasteiger partial charge in [0.15, 0.2) is 0 Å². The second kappa shape index (κ2) is 18.0. The van der Waals surface area contributed by atoms with E-state index in [1.165, 1.54) is 28.9 Å². The number of thioether (sulfide) groups is 1. The molecule has 0 unspecified atom stereocenters. The largest absolute Gasteiger partial charge is 0.453 e. The summed E-state index contributed by atoms with van der Waals surface area (Å²) < 4.78 is 36.1. The van der Waals surface area contributed by atoms with E-state index in [4.69, 9.17) is 4.74 Å². The molecule has 12 heteroatoms. The quantitative estimate of drug-likeness (QED) is 0.0942. The van der Waals surface area contributed by atoms with E-state index in [2.05, 4.69) is 60.6 Å². The number of rotatable bonds is 16. The maximum atomic E-state index is 13.5. The van der Waals surface area contributed by atoms with Gasteiger partial charge >= 0.3 is 10.9 Å². The Morgan fingerprint density at radius 3 is 2.29 bits per heavy atom. The van der Waals surface area contributed by atoms with Gasteiger partial charge in [-0.2, -0.15) is 0 Å². The number of amides is 1. The van der Waals surface area contributed by atoms with Crippen molar-refractivity contribution >= 4 is 27.5 Å². The maximum absolute atomic E-state index is 13.5. The molecule has 0 N–H and O–H groups in total. The van der Waals surface area contributed by atoms with Crippen LogP contribution in [0.3, 0.4) is 0 Å². The summed E-state index contributed by atoms with van der Waals surface area (Å²) in [5, 5.41) is 15.0. The van der Waals surface area contributed by atoms with E-state index in [0.29, 0.717) is 38.3 Å². The Bertz CT molecular complexity index is 1700. The molecule has 1 aliphatic heterocycles. The van der Waals surface area contributed by atoms with Crippen molar-refractivity contribution < 1.29 is 27.5 Å². The van der Waals surface area contributed by atoms with Crippen molar-refractivity contribution in [3.63, 3.8) is 0 Å². The smallest absolute Gasteiger partial charge is 0.415 e. The summed E-state index contributed by atoms with van der Waals surface area (Å²) >= 11 is 1.68. The molecule has 2 aromatic carbocycles. The third-order valence-electron chi connectivity index (χ3n) is 8.07. The fourth-order valence-electron chi connectivity index (χ4n) is 5.24. The molecule has 0 saturated carbocycles. The summed E-state index contributed by atoms with van der Waals surface area (Å²) in [6.45, 7) is 11.6. The average molecular weight is 695 g/mol. The Morgan fingerprint density at radius 1 is 0.938 bits per heavy atom. The topological polar surface area (TPSA) is 120 Å².